The molecule has 0 bridgehead atoms. The van der Waals surface area contributed by atoms with Crippen LogP contribution >= 0.6 is 0 Å². The number of hydrogen-bond donors (Lipinski definition) is 1. The number of halogens is 1. The van der Waals surface area contributed by atoms with Crippen molar-refractivity contribution in [3.63, 3.8) is 0 Å². The van der Waals surface area contributed by atoms with Crippen molar-refractivity contribution in [2.75, 3.05) is 13.1 Å². The van der Waals surface area contributed by atoms with E-state index in [4.69, 9.17) is 0 Å². The van der Waals surface area contributed by atoms with Crippen LogP contribution in [0.1, 0.15) is 30.9 Å². The van der Waals surface area contributed by atoms with Crippen molar-refractivity contribution in [3.8, 4) is 0 Å². The molecule has 1 N–H and O–H groups in total. The molecule has 0 aromatic heterocycles. The summed E-state index contributed by atoms with van der Waals surface area (Å²) in [4.78, 5) is 0. The summed E-state index contributed by atoms with van der Waals surface area (Å²) in [6.45, 7) is 6.25. The van der Waals surface area contributed by atoms with E-state index in [1.165, 1.54) is 17.7 Å². The summed E-state index contributed by atoms with van der Waals surface area (Å²) in [6, 6.07) is 17.2. The Balaban J connectivity index is 2.18. The van der Waals surface area contributed by atoms with Crippen molar-refractivity contribution in [3.05, 3.63) is 71.5 Å². The van der Waals surface area contributed by atoms with Gasteiger partial charge < -0.3 is 5.32 Å². The van der Waals surface area contributed by atoms with E-state index in [0.717, 1.165) is 18.7 Å². The van der Waals surface area contributed by atoms with Gasteiger partial charge in [0.25, 0.3) is 0 Å². The van der Waals surface area contributed by atoms with Crippen LogP contribution in [0.25, 0.3) is 0 Å². The van der Waals surface area contributed by atoms with Gasteiger partial charge in [-0.3, -0.25) is 0 Å². The Morgan fingerprint density at radius 1 is 0.850 bits per heavy atom. The second kappa shape index (κ2) is 7.20. The lowest BCUT2D eigenvalue weighted by Crippen LogP contribution is -2.26. The van der Waals surface area contributed by atoms with Crippen molar-refractivity contribution >= 4 is 0 Å². The minimum absolute atomic E-state index is 0.185. The molecule has 2 heteroatoms. The molecule has 0 saturated heterocycles. The molecule has 1 nitrogen and oxygen atoms in total. The Morgan fingerprint density at radius 2 is 1.45 bits per heavy atom. The third kappa shape index (κ3) is 4.17. The van der Waals surface area contributed by atoms with Gasteiger partial charge in [0, 0.05) is 12.5 Å². The second-order valence-corrected chi connectivity index (χ2v) is 5.57. The zero-order chi connectivity index (χ0) is 14.4. The first kappa shape index (κ1) is 14.7. The lowest BCUT2D eigenvalue weighted by atomic mass is 9.91. The highest BCUT2D eigenvalue weighted by Crippen LogP contribution is 2.24. The first-order valence-electron chi connectivity index (χ1n) is 7.18. The van der Waals surface area contributed by atoms with Crippen molar-refractivity contribution < 1.29 is 4.39 Å². The van der Waals surface area contributed by atoms with Crippen LogP contribution in [0.5, 0.6) is 0 Å². The van der Waals surface area contributed by atoms with Crippen LogP contribution in [0.2, 0.25) is 0 Å². The molecule has 0 saturated carbocycles. The van der Waals surface area contributed by atoms with E-state index in [1.54, 1.807) is 0 Å². The smallest absolute Gasteiger partial charge is 0.123 e. The largest absolute Gasteiger partial charge is 0.316 e. The molecule has 0 heterocycles. The van der Waals surface area contributed by atoms with Crippen LogP contribution < -0.4 is 5.32 Å². The van der Waals surface area contributed by atoms with Crippen LogP contribution in [0.15, 0.2) is 54.6 Å². The lowest BCUT2D eigenvalue weighted by molar-refractivity contribution is 0.536. The molecule has 0 spiro atoms. The molecular weight excluding hydrogens is 249 g/mol. The summed E-state index contributed by atoms with van der Waals surface area (Å²) in [5.41, 5.74) is 2.41. The summed E-state index contributed by atoms with van der Waals surface area (Å²) < 4.78 is 13.1. The van der Waals surface area contributed by atoms with Gasteiger partial charge in [0.2, 0.25) is 0 Å². The standard InChI is InChI=1S/C18H22FN/c1-14(2)12-20-13-18(15-6-4-3-5-7-15)16-8-10-17(19)11-9-16/h3-11,14,18,20H,12-13H2,1-2H3. The maximum Gasteiger partial charge on any atom is 0.123 e. The Hall–Kier alpha value is -1.67. The SMILES string of the molecule is CC(C)CNCC(c1ccccc1)c1ccc(F)cc1. The van der Waals surface area contributed by atoms with E-state index in [2.05, 4.69) is 31.3 Å². The average Bonchev–Trinajstić information content (AvgIpc) is 2.46. The van der Waals surface area contributed by atoms with Crippen LogP contribution in [0.3, 0.4) is 0 Å². The molecular formula is C18H22FN. The van der Waals surface area contributed by atoms with E-state index in [1.807, 2.05) is 30.3 Å². The van der Waals surface area contributed by atoms with E-state index in [0.29, 0.717) is 5.92 Å². The maximum atomic E-state index is 13.1. The molecule has 2 rings (SSSR count). The van der Waals surface area contributed by atoms with E-state index in [-0.39, 0.29) is 11.7 Å². The van der Waals surface area contributed by atoms with Gasteiger partial charge in [-0.05, 0) is 35.7 Å². The van der Waals surface area contributed by atoms with Crippen molar-refractivity contribution in [1.82, 2.24) is 5.32 Å². The zero-order valence-corrected chi connectivity index (χ0v) is 12.1. The zero-order valence-electron chi connectivity index (χ0n) is 12.1. The van der Waals surface area contributed by atoms with Crippen LogP contribution in [0.4, 0.5) is 4.39 Å². The van der Waals surface area contributed by atoms with Crippen LogP contribution in [-0.2, 0) is 0 Å². The van der Waals surface area contributed by atoms with E-state index < -0.39 is 0 Å². The van der Waals surface area contributed by atoms with E-state index in [9.17, 15) is 4.39 Å². The molecule has 20 heavy (non-hydrogen) atoms. The normalized spacial score (nSPS) is 12.6. The number of nitrogens with one attached hydrogen (secondary N) is 1. The first-order chi connectivity index (χ1) is 9.66. The van der Waals surface area contributed by atoms with Crippen LogP contribution in [0, 0.1) is 11.7 Å². The molecule has 0 aliphatic rings. The second-order valence-electron chi connectivity index (χ2n) is 5.57. The Morgan fingerprint density at radius 3 is 2.05 bits per heavy atom. The fourth-order valence-electron chi connectivity index (χ4n) is 2.32. The van der Waals surface area contributed by atoms with Crippen molar-refractivity contribution in [2.45, 2.75) is 19.8 Å². The van der Waals surface area contributed by atoms with Gasteiger partial charge in [-0.25, -0.2) is 4.39 Å². The minimum atomic E-state index is -0.185. The molecule has 0 amide bonds. The van der Waals surface area contributed by atoms with Gasteiger partial charge in [-0.2, -0.15) is 0 Å². The third-order valence-corrected chi connectivity index (χ3v) is 3.38. The highest BCUT2D eigenvalue weighted by atomic mass is 19.1. The summed E-state index contributed by atoms with van der Waals surface area (Å²) in [7, 11) is 0. The topological polar surface area (TPSA) is 12.0 Å². The molecule has 0 fully saturated rings. The molecule has 2 aromatic carbocycles. The van der Waals surface area contributed by atoms with Crippen LogP contribution in [-0.4, -0.2) is 13.1 Å². The molecule has 1 atom stereocenters. The van der Waals surface area contributed by atoms with Crippen molar-refractivity contribution in [1.29, 1.82) is 0 Å². The van der Waals surface area contributed by atoms with Gasteiger partial charge in [-0.1, -0.05) is 56.3 Å². The average molecular weight is 271 g/mol. The first-order valence-corrected chi connectivity index (χ1v) is 7.18. The number of hydrogen-bond acceptors (Lipinski definition) is 1. The predicted molar refractivity (Wildman–Crippen MR) is 82.4 cm³/mol. The fourth-order valence-corrected chi connectivity index (χ4v) is 2.32. The molecule has 0 aliphatic carbocycles. The van der Waals surface area contributed by atoms with Gasteiger partial charge in [0.15, 0.2) is 0 Å². The van der Waals surface area contributed by atoms with E-state index >= 15 is 0 Å². The fraction of sp³-hybridized carbons (Fsp3) is 0.333. The highest BCUT2D eigenvalue weighted by molar-refractivity contribution is 5.33. The Bertz CT molecular complexity index is 505. The molecule has 1 unspecified atom stereocenters. The highest BCUT2D eigenvalue weighted by Gasteiger charge is 2.13. The van der Waals surface area contributed by atoms with Gasteiger partial charge in [-0.15, -0.1) is 0 Å². The molecule has 106 valence electrons. The van der Waals surface area contributed by atoms with Gasteiger partial charge in [0.1, 0.15) is 5.82 Å². The Labute approximate surface area is 120 Å². The molecule has 0 aliphatic heterocycles. The minimum Gasteiger partial charge on any atom is -0.316 e. The summed E-state index contributed by atoms with van der Waals surface area (Å²) in [5, 5.41) is 3.50. The monoisotopic (exact) mass is 271 g/mol. The quantitative estimate of drug-likeness (QED) is 0.830. The van der Waals surface area contributed by atoms with Crippen molar-refractivity contribution in [2.24, 2.45) is 5.92 Å². The van der Waals surface area contributed by atoms with Gasteiger partial charge >= 0.3 is 0 Å². The number of rotatable bonds is 6. The third-order valence-electron chi connectivity index (χ3n) is 3.38. The molecule has 0 radical (unpaired) electrons. The lowest BCUT2D eigenvalue weighted by Gasteiger charge is -2.19. The Kier molecular flexibility index (Phi) is 5.31. The summed E-state index contributed by atoms with van der Waals surface area (Å²) >= 11 is 0. The predicted octanol–water partition coefficient (Wildman–Crippen LogP) is 4.20. The number of benzene rings is 2. The maximum absolute atomic E-state index is 13.1. The summed E-state index contributed by atoms with van der Waals surface area (Å²) in [6.07, 6.45) is 0. The van der Waals surface area contributed by atoms with Gasteiger partial charge in [0.05, 0.1) is 0 Å². The molecule has 2 aromatic rings. The summed E-state index contributed by atoms with van der Waals surface area (Å²) in [5.74, 6) is 0.700.